The fourth-order valence-electron chi connectivity index (χ4n) is 5.38. The van der Waals surface area contributed by atoms with Crippen LogP contribution in [0.2, 0.25) is 5.02 Å². The number of aromatic nitrogens is 2. The van der Waals surface area contributed by atoms with Gasteiger partial charge in [-0.3, -0.25) is 5.32 Å². The van der Waals surface area contributed by atoms with Gasteiger partial charge in [0.25, 0.3) is 0 Å². The standard InChI is InChI=1S/C35H55ClN6O4.C2H6/c1-11-18-40(7)30(13-3)33(38-17-19-42(14-4)35(43)46-22-25(5)6)28-16-15-26(36)20-29(28)27(12-2)34(31-21-37-24-41(31)8)39-32(45-10)23-44-9;1-2/h11-13,15-16,18,20-21,24-25,30,32-34,38-39H,3,14,17,19,22-23H2,1-2,4-10H3;1-2H3/b18-11-,27-12+;/t30?,32?,33-,34+;/m0./s1. The molecule has 2 unspecified atom stereocenters. The highest BCUT2D eigenvalue weighted by molar-refractivity contribution is 6.30. The molecule has 10 nitrogen and oxygen atoms in total. The molecular formula is C37H61ClN6O4. The molecule has 0 aliphatic rings. The molecule has 0 saturated heterocycles. The summed E-state index contributed by atoms with van der Waals surface area (Å²) in [6, 6.07) is 5.31. The number of hydrogen-bond acceptors (Lipinski definition) is 8. The molecule has 1 amide bonds. The fraction of sp³-hybridized carbons (Fsp3) is 0.568. The number of aryl methyl sites for hydroxylation is 1. The number of methoxy groups -OCH3 is 2. The van der Waals surface area contributed by atoms with E-state index in [0.29, 0.717) is 37.9 Å². The summed E-state index contributed by atoms with van der Waals surface area (Å²) in [4.78, 5) is 21.0. The maximum atomic E-state index is 12.8. The van der Waals surface area contributed by atoms with Crippen molar-refractivity contribution in [2.45, 2.75) is 72.8 Å². The largest absolute Gasteiger partial charge is 0.449 e. The minimum Gasteiger partial charge on any atom is -0.449 e. The van der Waals surface area contributed by atoms with E-state index < -0.39 is 0 Å². The quantitative estimate of drug-likeness (QED) is 0.111. The van der Waals surface area contributed by atoms with Gasteiger partial charge in [-0.2, -0.15) is 0 Å². The first-order valence-electron chi connectivity index (χ1n) is 16.9. The SMILES string of the molecule is C=CC([C@@H](NCCN(CC)C(=O)OCC(C)C)c1ccc(Cl)cc1/C(=C\C)[C@@H](NC(COC)OC)c1cncn1C)N(C)/C=C\C.CC. The number of carbonyl (C=O) groups is 1. The zero-order chi connectivity index (χ0) is 36.2. The van der Waals surface area contributed by atoms with Crippen LogP contribution in [0.25, 0.3) is 5.57 Å². The van der Waals surface area contributed by atoms with Crippen molar-refractivity contribution in [1.82, 2.24) is 30.0 Å². The van der Waals surface area contributed by atoms with E-state index >= 15 is 0 Å². The maximum Gasteiger partial charge on any atom is 0.409 e. The zero-order valence-corrected chi connectivity index (χ0v) is 31.9. The van der Waals surface area contributed by atoms with E-state index in [0.717, 1.165) is 22.4 Å². The normalized spacial score (nSPS) is 14.2. The van der Waals surface area contributed by atoms with Gasteiger partial charge in [0.15, 0.2) is 0 Å². The summed E-state index contributed by atoms with van der Waals surface area (Å²) in [6.45, 7) is 20.5. The Kier molecular flexibility index (Phi) is 20.8. The third kappa shape index (κ3) is 12.7. The van der Waals surface area contributed by atoms with Gasteiger partial charge in [-0.25, -0.2) is 9.78 Å². The van der Waals surface area contributed by atoms with Gasteiger partial charge in [0, 0.05) is 53.0 Å². The molecule has 2 N–H and O–H groups in total. The number of nitrogens with one attached hydrogen (secondary N) is 2. The van der Waals surface area contributed by atoms with Gasteiger partial charge in [-0.1, -0.05) is 63.6 Å². The average molecular weight is 689 g/mol. The minimum absolute atomic E-state index is 0.138. The van der Waals surface area contributed by atoms with Crippen LogP contribution in [0, 0.1) is 5.92 Å². The number of imidazole rings is 1. The van der Waals surface area contributed by atoms with Crippen LogP contribution in [0.15, 0.2) is 61.7 Å². The van der Waals surface area contributed by atoms with Gasteiger partial charge in [0.1, 0.15) is 6.23 Å². The first-order chi connectivity index (χ1) is 23.1. The Morgan fingerprint density at radius 1 is 1.19 bits per heavy atom. The molecule has 1 aromatic heterocycles. The van der Waals surface area contributed by atoms with Crippen molar-refractivity contribution >= 4 is 23.3 Å². The summed E-state index contributed by atoms with van der Waals surface area (Å²) in [7, 11) is 7.30. The predicted octanol–water partition coefficient (Wildman–Crippen LogP) is 7.22. The highest BCUT2D eigenvalue weighted by atomic mass is 35.5. The molecule has 1 aromatic carbocycles. The number of likely N-dealkylation sites (N-methyl/N-ethyl adjacent to an activating group) is 2. The Bertz CT molecular complexity index is 1280. The summed E-state index contributed by atoms with van der Waals surface area (Å²) < 4.78 is 18.7. The Balaban J connectivity index is 0.00000565. The number of rotatable bonds is 20. The second-order valence-corrected chi connectivity index (χ2v) is 12.0. The number of hydrogen-bond donors (Lipinski definition) is 2. The Morgan fingerprint density at radius 3 is 2.42 bits per heavy atom. The lowest BCUT2D eigenvalue weighted by Gasteiger charge is -2.36. The number of nitrogens with zero attached hydrogens (tertiary/aromatic N) is 4. The van der Waals surface area contributed by atoms with Crippen LogP contribution in [-0.2, 0) is 21.3 Å². The molecule has 0 aliphatic carbocycles. The Morgan fingerprint density at radius 2 is 1.90 bits per heavy atom. The Labute approximate surface area is 295 Å². The summed E-state index contributed by atoms with van der Waals surface area (Å²) in [5.74, 6) is 0.267. The Hall–Kier alpha value is -3.15. The van der Waals surface area contributed by atoms with E-state index in [1.807, 2.05) is 104 Å². The first kappa shape index (κ1) is 42.9. The molecule has 1 heterocycles. The molecular weight excluding hydrogens is 628 g/mol. The van der Waals surface area contributed by atoms with Gasteiger partial charge >= 0.3 is 6.09 Å². The lowest BCUT2D eigenvalue weighted by Crippen LogP contribution is -2.44. The number of amides is 1. The highest BCUT2D eigenvalue weighted by Crippen LogP contribution is 2.37. The van der Waals surface area contributed by atoms with Crippen molar-refractivity contribution in [3.05, 3.63) is 83.6 Å². The van der Waals surface area contributed by atoms with Crippen molar-refractivity contribution in [2.24, 2.45) is 13.0 Å². The van der Waals surface area contributed by atoms with Crippen molar-refractivity contribution in [2.75, 3.05) is 54.1 Å². The predicted molar refractivity (Wildman–Crippen MR) is 199 cm³/mol. The molecule has 2 rings (SSSR count). The van der Waals surface area contributed by atoms with Crippen molar-refractivity contribution in [3.8, 4) is 0 Å². The maximum absolute atomic E-state index is 12.8. The van der Waals surface area contributed by atoms with E-state index in [-0.39, 0.29) is 36.4 Å². The van der Waals surface area contributed by atoms with Crippen LogP contribution >= 0.6 is 11.6 Å². The smallest absolute Gasteiger partial charge is 0.409 e. The van der Waals surface area contributed by atoms with Gasteiger partial charge in [0.2, 0.25) is 0 Å². The summed E-state index contributed by atoms with van der Waals surface area (Å²) in [5, 5.41) is 8.00. The molecule has 4 atom stereocenters. The van der Waals surface area contributed by atoms with Crippen LogP contribution in [0.1, 0.15) is 77.4 Å². The number of halogens is 1. The van der Waals surface area contributed by atoms with Crippen molar-refractivity contribution in [1.29, 1.82) is 0 Å². The topological polar surface area (TPSA) is 93.1 Å². The van der Waals surface area contributed by atoms with E-state index in [9.17, 15) is 4.79 Å². The van der Waals surface area contributed by atoms with E-state index in [4.69, 9.17) is 25.8 Å². The monoisotopic (exact) mass is 688 g/mol. The molecule has 0 aliphatic heterocycles. The third-order valence-corrected chi connectivity index (χ3v) is 7.99. The molecule has 0 saturated carbocycles. The molecule has 0 bridgehead atoms. The summed E-state index contributed by atoms with van der Waals surface area (Å²) >= 11 is 6.71. The second-order valence-electron chi connectivity index (χ2n) is 11.5. The van der Waals surface area contributed by atoms with Crippen LogP contribution < -0.4 is 10.6 Å². The molecule has 11 heteroatoms. The fourth-order valence-corrected chi connectivity index (χ4v) is 5.55. The van der Waals surface area contributed by atoms with Crippen LogP contribution in [0.3, 0.4) is 0 Å². The van der Waals surface area contributed by atoms with E-state index in [2.05, 4.69) is 39.2 Å². The molecule has 270 valence electrons. The first-order valence-corrected chi connectivity index (χ1v) is 17.3. The zero-order valence-electron chi connectivity index (χ0n) is 31.1. The number of carbonyl (C=O) groups excluding carboxylic acids is 1. The van der Waals surface area contributed by atoms with E-state index in [1.165, 1.54) is 0 Å². The average Bonchev–Trinajstić information content (AvgIpc) is 3.51. The van der Waals surface area contributed by atoms with Crippen LogP contribution in [0.5, 0.6) is 0 Å². The van der Waals surface area contributed by atoms with Gasteiger partial charge in [-0.15, -0.1) is 6.58 Å². The highest BCUT2D eigenvalue weighted by Gasteiger charge is 2.30. The molecule has 2 aromatic rings. The lowest BCUT2D eigenvalue weighted by molar-refractivity contribution is 0.00343. The number of allylic oxidation sites excluding steroid dienone is 2. The van der Waals surface area contributed by atoms with Gasteiger partial charge < -0.3 is 33.9 Å². The molecule has 0 radical (unpaired) electrons. The second kappa shape index (κ2) is 23.2. The molecule has 0 fully saturated rings. The minimum atomic E-state index is -0.381. The van der Waals surface area contributed by atoms with Crippen molar-refractivity contribution in [3.63, 3.8) is 0 Å². The molecule has 0 spiro atoms. The van der Waals surface area contributed by atoms with Crippen LogP contribution in [-0.4, -0.2) is 91.8 Å². The van der Waals surface area contributed by atoms with Crippen molar-refractivity contribution < 1.29 is 19.0 Å². The van der Waals surface area contributed by atoms with Gasteiger partial charge in [-0.05, 0) is 61.7 Å². The van der Waals surface area contributed by atoms with E-state index in [1.54, 1.807) is 25.4 Å². The summed E-state index contributed by atoms with van der Waals surface area (Å²) in [5.41, 5.74) is 3.93. The lowest BCUT2D eigenvalue weighted by atomic mass is 9.86. The summed E-state index contributed by atoms with van der Waals surface area (Å²) in [6.07, 6.45) is 11.0. The third-order valence-electron chi connectivity index (χ3n) is 7.75. The van der Waals surface area contributed by atoms with Gasteiger partial charge in [0.05, 0.1) is 49.6 Å². The number of ether oxygens (including phenoxy) is 3. The molecule has 48 heavy (non-hydrogen) atoms. The number of benzene rings is 1. The van der Waals surface area contributed by atoms with Crippen LogP contribution in [0.4, 0.5) is 4.79 Å².